The monoisotopic (exact) mass is 327 g/mol. The highest BCUT2D eigenvalue weighted by Crippen LogP contribution is 2.21. The Hall–Kier alpha value is -3.22. The van der Waals surface area contributed by atoms with Gasteiger partial charge >= 0.3 is 0 Å². The van der Waals surface area contributed by atoms with Crippen molar-refractivity contribution in [2.75, 3.05) is 5.32 Å². The molecule has 1 heterocycles. The molecule has 6 nitrogen and oxygen atoms in total. The molecule has 1 atom stereocenters. The summed E-state index contributed by atoms with van der Waals surface area (Å²) in [5.74, 6) is -0.0515. The topological polar surface area (TPSA) is 77.2 Å². The molecule has 3 aromatic rings. The van der Waals surface area contributed by atoms with Gasteiger partial charge in [0.2, 0.25) is 12.3 Å². The Balaban J connectivity index is 1.63. The van der Waals surface area contributed by atoms with Crippen LogP contribution in [0.4, 0.5) is 10.1 Å². The first-order chi connectivity index (χ1) is 11.6. The van der Waals surface area contributed by atoms with E-state index in [4.69, 9.17) is 9.15 Å². The van der Waals surface area contributed by atoms with Crippen LogP contribution in [0.25, 0.3) is 11.5 Å². The molecular weight excluding hydrogens is 313 g/mol. The smallest absolute Gasteiger partial charge is 0.265 e. The van der Waals surface area contributed by atoms with Crippen LogP contribution in [0, 0.1) is 5.82 Å². The molecule has 2 aromatic carbocycles. The number of hydrogen-bond donors (Lipinski definition) is 1. The highest BCUT2D eigenvalue weighted by Gasteiger charge is 2.16. The van der Waals surface area contributed by atoms with E-state index in [9.17, 15) is 9.18 Å². The Labute approximate surface area is 137 Å². The first-order valence-electron chi connectivity index (χ1n) is 7.22. The molecule has 1 aromatic heterocycles. The van der Waals surface area contributed by atoms with Crippen molar-refractivity contribution in [2.24, 2.45) is 0 Å². The van der Waals surface area contributed by atoms with Gasteiger partial charge in [-0.25, -0.2) is 4.39 Å². The fraction of sp³-hybridized carbons (Fsp3) is 0.118. The van der Waals surface area contributed by atoms with E-state index < -0.39 is 17.8 Å². The number of ether oxygens (including phenoxy) is 1. The lowest BCUT2D eigenvalue weighted by Crippen LogP contribution is -2.30. The fourth-order valence-corrected chi connectivity index (χ4v) is 2.03. The molecule has 0 aliphatic heterocycles. The van der Waals surface area contributed by atoms with Gasteiger partial charge in [-0.05, 0) is 43.3 Å². The van der Waals surface area contributed by atoms with E-state index in [1.807, 2.05) is 0 Å². The van der Waals surface area contributed by atoms with Crippen molar-refractivity contribution in [1.29, 1.82) is 0 Å². The van der Waals surface area contributed by atoms with E-state index in [1.165, 1.54) is 18.5 Å². The van der Waals surface area contributed by atoms with Crippen molar-refractivity contribution in [3.8, 4) is 17.2 Å². The second kappa shape index (κ2) is 6.91. The summed E-state index contributed by atoms with van der Waals surface area (Å²) in [6.45, 7) is 1.59. The molecule has 0 spiro atoms. The summed E-state index contributed by atoms with van der Waals surface area (Å²) >= 11 is 0. The average molecular weight is 327 g/mol. The maximum Gasteiger partial charge on any atom is 0.265 e. The zero-order chi connectivity index (χ0) is 16.9. The average Bonchev–Trinajstić information content (AvgIpc) is 3.12. The maximum absolute atomic E-state index is 13.5. The summed E-state index contributed by atoms with van der Waals surface area (Å²) in [5.41, 5.74) is 0.855. The van der Waals surface area contributed by atoms with Gasteiger partial charge in [-0.1, -0.05) is 12.1 Å². The van der Waals surface area contributed by atoms with Crippen LogP contribution in [0.1, 0.15) is 6.92 Å². The van der Waals surface area contributed by atoms with Crippen molar-refractivity contribution in [3.63, 3.8) is 0 Å². The van der Waals surface area contributed by atoms with Crippen molar-refractivity contribution in [1.82, 2.24) is 10.2 Å². The lowest BCUT2D eigenvalue weighted by atomic mass is 10.2. The minimum absolute atomic E-state index is 0.115. The maximum atomic E-state index is 13.5. The van der Waals surface area contributed by atoms with Crippen LogP contribution >= 0.6 is 0 Å². The van der Waals surface area contributed by atoms with Gasteiger partial charge in [-0.15, -0.1) is 10.2 Å². The number of benzene rings is 2. The SMILES string of the molecule is CC(Oc1ccc(-c2nnco2)cc1)C(=O)Nc1ccccc1F. The first kappa shape index (κ1) is 15.7. The van der Waals surface area contributed by atoms with Crippen LogP contribution in [-0.2, 0) is 4.79 Å². The fourth-order valence-electron chi connectivity index (χ4n) is 2.03. The molecule has 0 fully saturated rings. The summed E-state index contributed by atoms with van der Waals surface area (Å²) in [6.07, 6.45) is 0.452. The number of rotatable bonds is 5. The Kier molecular flexibility index (Phi) is 4.51. The summed E-state index contributed by atoms with van der Waals surface area (Å²) < 4.78 is 24.2. The number of para-hydroxylation sites is 1. The molecule has 0 saturated carbocycles. The minimum Gasteiger partial charge on any atom is -0.481 e. The molecule has 3 rings (SSSR count). The van der Waals surface area contributed by atoms with Crippen LogP contribution in [-0.4, -0.2) is 22.2 Å². The standard InChI is InChI=1S/C17H14FN3O3/c1-11(16(22)20-15-5-3-2-4-14(15)18)24-13-8-6-12(7-9-13)17-21-19-10-23-17/h2-11H,1H3,(H,20,22). The Morgan fingerprint density at radius 2 is 1.96 bits per heavy atom. The van der Waals surface area contributed by atoms with E-state index in [0.717, 1.165) is 5.56 Å². The van der Waals surface area contributed by atoms with Gasteiger partial charge in [0.25, 0.3) is 5.91 Å². The number of aromatic nitrogens is 2. The van der Waals surface area contributed by atoms with E-state index >= 15 is 0 Å². The highest BCUT2D eigenvalue weighted by atomic mass is 19.1. The molecule has 1 unspecified atom stereocenters. The highest BCUT2D eigenvalue weighted by molar-refractivity contribution is 5.94. The number of carbonyl (C=O) groups is 1. The summed E-state index contributed by atoms with van der Waals surface area (Å²) in [7, 11) is 0. The van der Waals surface area contributed by atoms with Crippen LogP contribution in [0.15, 0.2) is 59.3 Å². The molecule has 0 radical (unpaired) electrons. The second-order valence-electron chi connectivity index (χ2n) is 5.00. The van der Waals surface area contributed by atoms with Crippen LogP contribution < -0.4 is 10.1 Å². The van der Waals surface area contributed by atoms with Crippen molar-refractivity contribution >= 4 is 11.6 Å². The number of hydrogen-bond acceptors (Lipinski definition) is 5. The second-order valence-corrected chi connectivity index (χ2v) is 5.00. The third-order valence-corrected chi connectivity index (χ3v) is 3.28. The third-order valence-electron chi connectivity index (χ3n) is 3.28. The van der Waals surface area contributed by atoms with Gasteiger partial charge in [0.05, 0.1) is 5.69 Å². The largest absolute Gasteiger partial charge is 0.481 e. The number of amides is 1. The number of nitrogens with one attached hydrogen (secondary N) is 1. The molecule has 122 valence electrons. The van der Waals surface area contributed by atoms with Gasteiger partial charge in [0, 0.05) is 5.56 Å². The molecule has 0 bridgehead atoms. The molecule has 1 N–H and O–H groups in total. The molecule has 7 heteroatoms. The lowest BCUT2D eigenvalue weighted by Gasteiger charge is -2.15. The third kappa shape index (κ3) is 3.57. The molecule has 0 aliphatic carbocycles. The van der Waals surface area contributed by atoms with Crippen LogP contribution in [0.3, 0.4) is 0 Å². The van der Waals surface area contributed by atoms with E-state index in [1.54, 1.807) is 43.3 Å². The van der Waals surface area contributed by atoms with Gasteiger partial charge in [0.1, 0.15) is 11.6 Å². The zero-order valence-electron chi connectivity index (χ0n) is 12.8. The normalized spacial score (nSPS) is 11.8. The number of halogens is 1. The quantitative estimate of drug-likeness (QED) is 0.778. The molecular formula is C17H14FN3O3. The number of nitrogens with zero attached hydrogens (tertiary/aromatic N) is 2. The Bertz CT molecular complexity index is 819. The van der Waals surface area contributed by atoms with E-state index in [-0.39, 0.29) is 5.69 Å². The van der Waals surface area contributed by atoms with Crippen molar-refractivity contribution in [2.45, 2.75) is 13.0 Å². The molecule has 0 aliphatic rings. The predicted octanol–water partition coefficient (Wildman–Crippen LogP) is 3.28. The van der Waals surface area contributed by atoms with Gasteiger partial charge in [-0.3, -0.25) is 4.79 Å². The zero-order valence-corrected chi connectivity index (χ0v) is 12.8. The van der Waals surface area contributed by atoms with Crippen molar-refractivity contribution < 1.29 is 18.3 Å². The van der Waals surface area contributed by atoms with Crippen LogP contribution in [0.5, 0.6) is 5.75 Å². The Morgan fingerprint density at radius 3 is 2.62 bits per heavy atom. The lowest BCUT2D eigenvalue weighted by molar-refractivity contribution is -0.122. The summed E-state index contributed by atoms with van der Waals surface area (Å²) in [6, 6.07) is 12.8. The first-order valence-corrected chi connectivity index (χ1v) is 7.22. The van der Waals surface area contributed by atoms with Crippen LogP contribution in [0.2, 0.25) is 0 Å². The Morgan fingerprint density at radius 1 is 1.21 bits per heavy atom. The van der Waals surface area contributed by atoms with E-state index in [0.29, 0.717) is 11.6 Å². The number of carbonyl (C=O) groups excluding carboxylic acids is 1. The predicted molar refractivity (Wildman–Crippen MR) is 84.9 cm³/mol. The van der Waals surface area contributed by atoms with Gasteiger partial charge in [-0.2, -0.15) is 0 Å². The molecule has 24 heavy (non-hydrogen) atoms. The molecule has 1 amide bonds. The number of anilines is 1. The van der Waals surface area contributed by atoms with E-state index in [2.05, 4.69) is 15.5 Å². The van der Waals surface area contributed by atoms with Crippen molar-refractivity contribution in [3.05, 3.63) is 60.7 Å². The molecule has 0 saturated heterocycles. The van der Waals surface area contributed by atoms with Gasteiger partial charge < -0.3 is 14.5 Å². The summed E-state index contributed by atoms with van der Waals surface area (Å²) in [5, 5.41) is 9.90. The summed E-state index contributed by atoms with van der Waals surface area (Å²) in [4.78, 5) is 12.1. The van der Waals surface area contributed by atoms with Gasteiger partial charge in [0.15, 0.2) is 6.10 Å². The minimum atomic E-state index is -0.793.